The lowest BCUT2D eigenvalue weighted by Gasteiger charge is -2.34. The van der Waals surface area contributed by atoms with E-state index in [9.17, 15) is 35.5 Å². The van der Waals surface area contributed by atoms with Crippen LogP contribution in [0.5, 0.6) is 0 Å². The normalized spacial score (nSPS) is 33.2. The van der Waals surface area contributed by atoms with Gasteiger partial charge in [-0.1, -0.05) is 52.0 Å². The Hall–Kier alpha value is -2.14. The highest BCUT2D eigenvalue weighted by Gasteiger charge is 2.67. The zero-order valence-corrected chi connectivity index (χ0v) is 24.5. The highest BCUT2D eigenvalue weighted by molar-refractivity contribution is 7.86. The van der Waals surface area contributed by atoms with Gasteiger partial charge in [-0.25, -0.2) is 0 Å². The van der Waals surface area contributed by atoms with Gasteiger partial charge >= 0.3 is 0 Å². The van der Waals surface area contributed by atoms with Crippen LogP contribution in [0.2, 0.25) is 0 Å². The van der Waals surface area contributed by atoms with Gasteiger partial charge in [0.2, 0.25) is 0 Å². The van der Waals surface area contributed by atoms with Crippen molar-refractivity contribution in [3.8, 4) is 0 Å². The number of hydrogen-bond donors (Lipinski definition) is 2. The zero-order chi connectivity index (χ0) is 29.0. The smallest absolute Gasteiger partial charge is 0.265 e. The Kier molecular flexibility index (Phi) is 7.92. The third-order valence-corrected chi connectivity index (χ3v) is 11.1. The molecule has 0 aromatic rings. The van der Waals surface area contributed by atoms with Crippen LogP contribution in [0.3, 0.4) is 0 Å². The van der Waals surface area contributed by atoms with E-state index in [2.05, 4.69) is 0 Å². The van der Waals surface area contributed by atoms with Crippen molar-refractivity contribution in [2.45, 2.75) is 59.8 Å². The van der Waals surface area contributed by atoms with Crippen molar-refractivity contribution in [3.63, 3.8) is 0 Å². The lowest BCUT2D eigenvalue weighted by atomic mass is 9.70. The number of ketones is 2. The van der Waals surface area contributed by atoms with Crippen molar-refractivity contribution in [2.75, 3.05) is 11.5 Å². The van der Waals surface area contributed by atoms with Gasteiger partial charge in [-0.3, -0.25) is 18.7 Å². The Morgan fingerprint density at radius 2 is 1.51 bits per heavy atom. The van der Waals surface area contributed by atoms with E-state index in [1.54, 1.807) is 0 Å². The number of rotatable bonds is 7. The molecule has 0 radical (unpaired) electrons. The van der Waals surface area contributed by atoms with Gasteiger partial charge in [-0.2, -0.15) is 16.8 Å². The van der Waals surface area contributed by atoms with Gasteiger partial charge in [-0.05, 0) is 89.7 Å². The molecule has 0 aliphatic heterocycles. The first-order chi connectivity index (χ1) is 17.9. The Bertz CT molecular complexity index is 1410. The Morgan fingerprint density at radius 1 is 0.923 bits per heavy atom. The third kappa shape index (κ3) is 5.85. The first-order valence-electron chi connectivity index (χ1n) is 13.5. The van der Waals surface area contributed by atoms with Crippen molar-refractivity contribution >= 4 is 31.8 Å². The van der Waals surface area contributed by atoms with Gasteiger partial charge in [0.1, 0.15) is 0 Å². The number of carbonyl (C=O) groups excluding carboxylic acids is 2. The second-order valence-corrected chi connectivity index (χ2v) is 15.3. The molecule has 4 aliphatic carbocycles. The number of hydrogen-bond acceptors (Lipinski definition) is 6. The standard InChI is InChI=1S/C29H38O8S2/c1-18(2)22-11-10-21(16-38(32,33)34)26(30)23(22)14-19-6-5-7-20(9-8-19)15-24-25-12-13-29(27(24)31,28(25,3)4)17-39(35,36)37/h6-9,14-15,18,21-22,25H,5,10-13,16-17H2,1-4H3,(H,32,33,34)(H,35,36,37)/b23-14+,24-15+. The maximum atomic E-state index is 13.5. The summed E-state index contributed by atoms with van der Waals surface area (Å²) in [6.45, 7) is 7.86. The Morgan fingerprint density at radius 3 is 2.05 bits per heavy atom. The average molecular weight is 579 g/mol. The quantitative estimate of drug-likeness (QED) is 0.327. The van der Waals surface area contributed by atoms with Gasteiger partial charge in [0.05, 0.1) is 16.9 Å². The van der Waals surface area contributed by atoms with Crippen molar-refractivity contribution < 1.29 is 35.5 Å². The van der Waals surface area contributed by atoms with Gasteiger partial charge in [0.25, 0.3) is 20.2 Å². The summed E-state index contributed by atoms with van der Waals surface area (Å²) in [6.07, 6.45) is 14.0. The summed E-state index contributed by atoms with van der Waals surface area (Å²) >= 11 is 0. The minimum Gasteiger partial charge on any atom is -0.294 e. The van der Waals surface area contributed by atoms with E-state index in [0.29, 0.717) is 43.3 Å². The molecule has 3 saturated carbocycles. The van der Waals surface area contributed by atoms with Crippen molar-refractivity contribution in [3.05, 3.63) is 58.7 Å². The molecule has 2 N–H and O–H groups in total. The Balaban J connectivity index is 1.60. The van der Waals surface area contributed by atoms with Crippen LogP contribution in [0.1, 0.15) is 59.8 Å². The SMILES string of the molecule is CC(C)C1CCC(CS(=O)(=O)O)C(=O)/C1=C/C1=CCC=C(/C=C2/C(=O)C3(CS(=O)(=O)O)CCC2C3(C)C)C=C1. The fourth-order valence-electron chi connectivity index (χ4n) is 7.20. The minimum atomic E-state index is -4.33. The van der Waals surface area contributed by atoms with Crippen LogP contribution < -0.4 is 0 Å². The van der Waals surface area contributed by atoms with E-state index in [0.717, 1.165) is 11.1 Å². The molecule has 4 unspecified atom stereocenters. The first kappa shape index (κ1) is 29.8. The van der Waals surface area contributed by atoms with Gasteiger partial charge in [0, 0.05) is 5.92 Å². The van der Waals surface area contributed by atoms with Crippen molar-refractivity contribution in [1.29, 1.82) is 0 Å². The fourth-order valence-corrected chi connectivity index (χ4v) is 9.29. The molecule has 0 heterocycles. The predicted octanol–water partition coefficient (Wildman–Crippen LogP) is 4.68. The van der Waals surface area contributed by atoms with E-state index >= 15 is 0 Å². The summed E-state index contributed by atoms with van der Waals surface area (Å²) in [6, 6.07) is 0. The summed E-state index contributed by atoms with van der Waals surface area (Å²) in [4.78, 5) is 26.8. The number of allylic oxidation sites excluding steroid dienone is 10. The molecule has 4 rings (SSSR count). The maximum absolute atomic E-state index is 13.5. The van der Waals surface area contributed by atoms with Crippen LogP contribution in [0.4, 0.5) is 0 Å². The minimum absolute atomic E-state index is 0.0184. The van der Waals surface area contributed by atoms with E-state index in [-0.39, 0.29) is 29.3 Å². The number of Topliss-reactive ketones (excluding diaryl/α,β-unsaturated/α-hetero) is 2. The zero-order valence-electron chi connectivity index (χ0n) is 22.9. The molecule has 39 heavy (non-hydrogen) atoms. The molecule has 3 fully saturated rings. The van der Waals surface area contributed by atoms with Gasteiger partial charge in [0.15, 0.2) is 11.6 Å². The molecule has 2 bridgehead atoms. The Labute approximate surface area is 231 Å². The summed E-state index contributed by atoms with van der Waals surface area (Å²) in [5, 5.41) is 0. The molecule has 0 amide bonds. The molecule has 4 atom stereocenters. The molecule has 0 aromatic carbocycles. The number of carbonyl (C=O) groups is 2. The number of fused-ring (bicyclic) bond motifs is 2. The second-order valence-electron chi connectivity index (χ2n) is 12.4. The predicted molar refractivity (Wildman–Crippen MR) is 149 cm³/mol. The van der Waals surface area contributed by atoms with Crippen molar-refractivity contribution in [1.82, 2.24) is 0 Å². The molecular weight excluding hydrogens is 540 g/mol. The van der Waals surface area contributed by atoms with Gasteiger partial charge < -0.3 is 0 Å². The monoisotopic (exact) mass is 578 g/mol. The third-order valence-electron chi connectivity index (χ3n) is 9.38. The van der Waals surface area contributed by atoms with Crippen LogP contribution >= 0.6 is 0 Å². The highest BCUT2D eigenvalue weighted by atomic mass is 32.2. The fraction of sp³-hybridized carbons (Fsp3) is 0.586. The molecule has 4 aliphatic rings. The molecule has 10 heteroatoms. The summed E-state index contributed by atoms with van der Waals surface area (Å²) in [5.74, 6) is -2.32. The molecule has 8 nitrogen and oxygen atoms in total. The van der Waals surface area contributed by atoms with Crippen LogP contribution in [0.25, 0.3) is 0 Å². The average Bonchev–Trinajstić information content (AvgIpc) is 2.99. The van der Waals surface area contributed by atoms with Crippen LogP contribution in [0.15, 0.2) is 58.7 Å². The molecule has 0 spiro atoms. The molecule has 214 valence electrons. The van der Waals surface area contributed by atoms with E-state index in [4.69, 9.17) is 0 Å². The highest BCUT2D eigenvalue weighted by Crippen LogP contribution is 2.66. The topological polar surface area (TPSA) is 143 Å². The second kappa shape index (κ2) is 10.4. The summed E-state index contributed by atoms with van der Waals surface area (Å²) in [5.41, 5.74) is 1.02. The summed E-state index contributed by atoms with van der Waals surface area (Å²) in [7, 11) is -8.61. The largest absolute Gasteiger partial charge is 0.294 e. The molecule has 0 aromatic heterocycles. The van der Waals surface area contributed by atoms with E-state index in [1.165, 1.54) is 0 Å². The van der Waals surface area contributed by atoms with E-state index in [1.807, 2.05) is 64.2 Å². The van der Waals surface area contributed by atoms with E-state index < -0.39 is 48.5 Å². The lowest BCUT2D eigenvalue weighted by molar-refractivity contribution is -0.125. The lowest BCUT2D eigenvalue weighted by Crippen LogP contribution is -2.42. The van der Waals surface area contributed by atoms with Crippen LogP contribution in [0, 0.1) is 34.5 Å². The summed E-state index contributed by atoms with van der Waals surface area (Å²) < 4.78 is 65.4. The van der Waals surface area contributed by atoms with Gasteiger partial charge in [-0.15, -0.1) is 0 Å². The van der Waals surface area contributed by atoms with Crippen LogP contribution in [-0.4, -0.2) is 49.0 Å². The first-order valence-corrected chi connectivity index (χ1v) is 16.7. The maximum Gasteiger partial charge on any atom is 0.265 e. The molecular formula is C29H38O8S2. The van der Waals surface area contributed by atoms with Crippen molar-refractivity contribution in [2.24, 2.45) is 34.5 Å². The van der Waals surface area contributed by atoms with Crippen LogP contribution in [-0.2, 0) is 29.8 Å². The molecule has 0 saturated heterocycles.